The minimum atomic E-state index is -5.08. The second kappa shape index (κ2) is 14.2. The Labute approximate surface area is 242 Å². The SMILES string of the molecule is CC(C)(Cc1ccc(C(=O)Oc2ccc(C(=N)N)cc2F)s1)C(=O)N[C@H](C(=O)O)C1CCCCC1.O=C(O)C(F)(F)F. The lowest BCUT2D eigenvalue weighted by Gasteiger charge is -2.31. The van der Waals surface area contributed by atoms with Gasteiger partial charge >= 0.3 is 24.1 Å². The molecule has 1 heterocycles. The van der Waals surface area contributed by atoms with E-state index >= 15 is 0 Å². The predicted octanol–water partition coefficient (Wildman–Crippen LogP) is 4.74. The normalized spacial score (nSPS) is 14.6. The molecule has 1 aromatic carbocycles. The number of nitrogen functional groups attached to an aromatic ring is 1. The van der Waals surface area contributed by atoms with Crippen molar-refractivity contribution in [1.29, 1.82) is 5.41 Å². The Morgan fingerprint density at radius 1 is 1.10 bits per heavy atom. The van der Waals surface area contributed by atoms with Crippen LogP contribution in [0.4, 0.5) is 17.6 Å². The van der Waals surface area contributed by atoms with Crippen LogP contribution in [0.25, 0.3) is 0 Å². The molecule has 1 aromatic heterocycles. The molecule has 10 nitrogen and oxygen atoms in total. The van der Waals surface area contributed by atoms with Crippen LogP contribution in [0.3, 0.4) is 0 Å². The van der Waals surface area contributed by atoms with Crippen molar-refractivity contribution in [1.82, 2.24) is 5.32 Å². The predicted molar refractivity (Wildman–Crippen MR) is 144 cm³/mol. The van der Waals surface area contributed by atoms with E-state index in [1.165, 1.54) is 12.1 Å². The van der Waals surface area contributed by atoms with Crippen molar-refractivity contribution < 1.29 is 51.7 Å². The third-order valence-electron chi connectivity index (χ3n) is 6.46. The Balaban J connectivity index is 0.000000782. The molecule has 0 spiro atoms. The second-order valence-electron chi connectivity index (χ2n) is 10.3. The van der Waals surface area contributed by atoms with E-state index in [9.17, 15) is 37.1 Å². The molecule has 42 heavy (non-hydrogen) atoms. The summed E-state index contributed by atoms with van der Waals surface area (Å²) >= 11 is 1.12. The van der Waals surface area contributed by atoms with Gasteiger partial charge in [0.1, 0.15) is 16.8 Å². The summed E-state index contributed by atoms with van der Waals surface area (Å²) in [5.74, 6) is -6.36. The number of benzene rings is 1. The molecule has 230 valence electrons. The average Bonchev–Trinajstić information content (AvgIpc) is 3.36. The number of nitrogens with two attached hydrogens (primary N) is 1. The number of carboxylic acids is 2. The molecule has 0 aliphatic heterocycles. The number of carbonyl (C=O) groups is 4. The van der Waals surface area contributed by atoms with Crippen molar-refractivity contribution in [3.8, 4) is 5.75 Å². The Bertz CT molecular complexity index is 1320. The van der Waals surface area contributed by atoms with Crippen LogP contribution in [0.2, 0.25) is 0 Å². The van der Waals surface area contributed by atoms with Crippen LogP contribution >= 0.6 is 11.3 Å². The van der Waals surface area contributed by atoms with E-state index in [4.69, 9.17) is 25.8 Å². The number of hydrogen-bond donors (Lipinski definition) is 5. The van der Waals surface area contributed by atoms with Gasteiger partial charge in [0, 0.05) is 15.9 Å². The summed E-state index contributed by atoms with van der Waals surface area (Å²) in [5, 5.41) is 26.9. The number of nitrogens with one attached hydrogen (secondary N) is 2. The lowest BCUT2D eigenvalue weighted by atomic mass is 9.82. The van der Waals surface area contributed by atoms with Gasteiger partial charge in [-0.1, -0.05) is 33.1 Å². The van der Waals surface area contributed by atoms with E-state index < -0.39 is 41.4 Å². The zero-order valence-corrected chi connectivity index (χ0v) is 23.5. The molecule has 0 saturated heterocycles. The van der Waals surface area contributed by atoms with Crippen LogP contribution in [0, 0.1) is 22.6 Å². The van der Waals surface area contributed by atoms with Gasteiger partial charge in [-0.3, -0.25) is 10.2 Å². The third-order valence-corrected chi connectivity index (χ3v) is 7.52. The molecule has 3 rings (SSSR count). The molecule has 0 bridgehead atoms. The minimum absolute atomic E-state index is 0.0750. The van der Waals surface area contributed by atoms with Gasteiger partial charge in [0.05, 0.1) is 0 Å². The lowest BCUT2D eigenvalue weighted by Crippen LogP contribution is -2.51. The molecular weight excluding hydrogens is 586 g/mol. The van der Waals surface area contributed by atoms with Crippen molar-refractivity contribution in [2.45, 2.75) is 64.6 Å². The Morgan fingerprint density at radius 3 is 2.19 bits per heavy atom. The van der Waals surface area contributed by atoms with E-state index in [1.807, 2.05) is 0 Å². The van der Waals surface area contributed by atoms with Crippen molar-refractivity contribution in [3.05, 3.63) is 51.5 Å². The van der Waals surface area contributed by atoms with Crippen LogP contribution in [0.5, 0.6) is 5.75 Å². The van der Waals surface area contributed by atoms with Gasteiger partial charge in [-0.15, -0.1) is 11.3 Å². The number of thiophene rings is 1. The standard InChI is InChI=1S/C25H30FN3O5S.C2HF3O2/c1-25(2,24(33)29-20(22(30)31)14-6-4-3-5-7-14)13-16-9-11-19(35-16)23(32)34-18-10-8-15(21(27)28)12-17(18)26;3-2(4,5)1(6)7/h8-12,14,20H,3-7,13H2,1-2H3,(H3,27,28)(H,29,33)(H,30,31);(H,6,7)/t20-;/m0./s1. The quantitative estimate of drug-likeness (QED) is 0.0880. The molecule has 1 aliphatic rings. The maximum absolute atomic E-state index is 14.2. The van der Waals surface area contributed by atoms with Gasteiger partial charge in [-0.25, -0.2) is 18.8 Å². The molecule has 1 fully saturated rings. The summed E-state index contributed by atoms with van der Waals surface area (Å²) < 4.78 is 51.1. The van der Waals surface area contributed by atoms with Crippen molar-refractivity contribution in [2.75, 3.05) is 0 Å². The molecule has 0 radical (unpaired) electrons. The molecule has 6 N–H and O–H groups in total. The smallest absolute Gasteiger partial charge is 0.480 e. The first-order valence-corrected chi connectivity index (χ1v) is 13.5. The number of ether oxygens (including phenoxy) is 1. The van der Waals surface area contributed by atoms with Gasteiger partial charge in [0.25, 0.3) is 0 Å². The number of amidine groups is 1. The Kier molecular flexibility index (Phi) is 11.6. The molecule has 1 saturated carbocycles. The molecule has 1 amide bonds. The monoisotopic (exact) mass is 617 g/mol. The fourth-order valence-corrected chi connectivity index (χ4v) is 5.30. The van der Waals surface area contributed by atoms with Gasteiger partial charge in [-0.2, -0.15) is 13.2 Å². The van der Waals surface area contributed by atoms with Crippen molar-refractivity contribution in [2.24, 2.45) is 17.1 Å². The first-order chi connectivity index (χ1) is 19.4. The number of rotatable bonds is 9. The first-order valence-electron chi connectivity index (χ1n) is 12.7. The van der Waals surface area contributed by atoms with Gasteiger partial charge < -0.3 is 26.0 Å². The van der Waals surface area contributed by atoms with E-state index in [-0.39, 0.29) is 40.3 Å². The highest BCUT2D eigenvalue weighted by Gasteiger charge is 2.38. The van der Waals surface area contributed by atoms with E-state index in [2.05, 4.69) is 5.32 Å². The topological polar surface area (TPSA) is 180 Å². The number of hydrogen-bond acceptors (Lipinski definition) is 7. The van der Waals surface area contributed by atoms with E-state index in [0.717, 1.165) is 54.4 Å². The summed E-state index contributed by atoms with van der Waals surface area (Å²) in [5.41, 5.74) is 4.59. The Morgan fingerprint density at radius 2 is 1.69 bits per heavy atom. The number of halogens is 4. The Hall–Kier alpha value is -4.01. The van der Waals surface area contributed by atoms with E-state index in [0.29, 0.717) is 0 Å². The zero-order chi connectivity index (χ0) is 31.8. The number of carboxylic acid groups (broad SMARTS) is 2. The average molecular weight is 618 g/mol. The maximum atomic E-state index is 14.2. The largest absolute Gasteiger partial charge is 0.490 e. The van der Waals surface area contributed by atoms with E-state index in [1.54, 1.807) is 26.0 Å². The molecule has 1 atom stereocenters. The number of amides is 1. The van der Waals surface area contributed by atoms with Crippen LogP contribution in [0.1, 0.15) is 66.1 Å². The van der Waals surface area contributed by atoms with Crippen molar-refractivity contribution in [3.63, 3.8) is 0 Å². The molecule has 0 unspecified atom stereocenters. The highest BCUT2D eigenvalue weighted by atomic mass is 32.1. The number of esters is 1. The summed E-state index contributed by atoms with van der Waals surface area (Å²) in [6, 6.07) is 5.95. The number of alkyl halides is 3. The molecular formula is C27H31F4N3O7S. The van der Waals surface area contributed by atoms with Crippen LogP contribution in [-0.2, 0) is 20.8 Å². The highest BCUT2D eigenvalue weighted by Crippen LogP contribution is 2.31. The molecule has 15 heteroatoms. The highest BCUT2D eigenvalue weighted by molar-refractivity contribution is 7.14. The molecule has 1 aliphatic carbocycles. The van der Waals surface area contributed by atoms with Gasteiger partial charge in [0.2, 0.25) is 5.91 Å². The number of aliphatic carboxylic acids is 2. The minimum Gasteiger partial charge on any atom is -0.480 e. The van der Waals surface area contributed by atoms with Crippen LogP contribution in [-0.4, -0.2) is 52.1 Å². The maximum Gasteiger partial charge on any atom is 0.490 e. The van der Waals surface area contributed by atoms with Gasteiger partial charge in [-0.05, 0) is 55.5 Å². The van der Waals surface area contributed by atoms with Crippen LogP contribution < -0.4 is 15.8 Å². The number of carbonyl (C=O) groups excluding carboxylic acids is 2. The first kappa shape index (κ1) is 34.2. The lowest BCUT2D eigenvalue weighted by molar-refractivity contribution is -0.192. The zero-order valence-electron chi connectivity index (χ0n) is 22.7. The van der Waals surface area contributed by atoms with Crippen molar-refractivity contribution >= 4 is 41.0 Å². The fraction of sp³-hybridized carbons (Fsp3) is 0.444. The second-order valence-corrected chi connectivity index (χ2v) is 11.4. The summed E-state index contributed by atoms with van der Waals surface area (Å²) in [6.07, 6.45) is -0.214. The summed E-state index contributed by atoms with van der Waals surface area (Å²) in [4.78, 5) is 47.2. The fourth-order valence-electron chi connectivity index (χ4n) is 4.19. The van der Waals surface area contributed by atoms with Crippen LogP contribution in [0.15, 0.2) is 30.3 Å². The summed E-state index contributed by atoms with van der Waals surface area (Å²) in [6.45, 7) is 3.46. The summed E-state index contributed by atoms with van der Waals surface area (Å²) in [7, 11) is 0. The van der Waals surface area contributed by atoms with Gasteiger partial charge in [0.15, 0.2) is 11.6 Å². The third kappa shape index (κ3) is 9.82. The molecule has 2 aromatic rings.